The van der Waals surface area contributed by atoms with Crippen LogP contribution in [-0.4, -0.2) is 37.5 Å². The summed E-state index contributed by atoms with van der Waals surface area (Å²) in [4.78, 5) is 3.79. The maximum Gasteiger partial charge on any atom is 0.244 e. The number of imidazole rings is 2. The van der Waals surface area contributed by atoms with E-state index in [9.17, 15) is 0 Å². The first-order valence-corrected chi connectivity index (χ1v) is 26.7. The third kappa shape index (κ3) is 23.1. The van der Waals surface area contributed by atoms with Gasteiger partial charge in [0.15, 0.2) is 0 Å². The summed E-state index contributed by atoms with van der Waals surface area (Å²) >= 11 is 11.4. The lowest BCUT2D eigenvalue weighted by Crippen LogP contribution is -3.00. The summed E-state index contributed by atoms with van der Waals surface area (Å²) in [6, 6.07) is 57.6. The van der Waals surface area contributed by atoms with Gasteiger partial charge in [0.2, 0.25) is 6.33 Å². The number of nitrogens with zero attached hydrogens (tertiary/aromatic N) is 4. The van der Waals surface area contributed by atoms with Gasteiger partial charge in [-0.3, -0.25) is 0 Å². The van der Waals surface area contributed by atoms with E-state index in [1.807, 2.05) is 94.6 Å². The monoisotopic (exact) mass is 1050 g/mol. The molecule has 2 aromatic heterocycles. The van der Waals surface area contributed by atoms with Crippen molar-refractivity contribution in [2.75, 3.05) is 13.2 Å². The van der Waals surface area contributed by atoms with Crippen molar-refractivity contribution in [3.63, 3.8) is 0 Å². The van der Waals surface area contributed by atoms with Crippen molar-refractivity contribution < 1.29 is 27.2 Å². The highest BCUT2D eigenvalue weighted by Crippen LogP contribution is 2.33. The Labute approximate surface area is 460 Å². The lowest BCUT2D eigenvalue weighted by molar-refractivity contribution is -0.687. The highest BCUT2D eigenvalue weighted by molar-refractivity contribution is 6.17. The lowest BCUT2D eigenvalue weighted by atomic mass is 9.84. The van der Waals surface area contributed by atoms with E-state index >= 15 is 0 Å². The molecular formula is C65H79Cl3N4O2. The smallest absolute Gasteiger partial charge is 0.244 e. The standard InChI is InChI=1S/C24H31N2O.C19H23Cl.C9H9Cl.C8H8.C5H8N2O.ClH/c1-3-22(24-7-5-4-6-8-24)17-20(2)23-11-9-21(10-12-23)18-26-14-13-25(19-26)15-16-27;1-3-17(19-7-5-4-6-8-19)13-15(2)18-11-9-16(14-20)10-12-18;1-2-8-3-5-9(7-10)6-4-8;1-2-8-6-4-3-5-7-8;8-4-3-7-2-1-6-5-7;/h4-14,19-20,22,27H,3,15-18H2,1-2H3;4-12,15,17H,3,13-14H2,1-2H3;2-6H,1,7H2;2-7H,1H2;1-2,5,8H,3-4H2;1H/q+1;;;;;/p-1. The fraction of sp³-hybridized carbons (Fsp3) is 0.292. The Morgan fingerprint density at radius 2 is 0.959 bits per heavy atom. The number of aromatic nitrogens is 4. The molecule has 392 valence electrons. The molecule has 6 nitrogen and oxygen atoms in total. The van der Waals surface area contributed by atoms with Gasteiger partial charge < -0.3 is 27.2 Å². The van der Waals surface area contributed by atoms with Crippen LogP contribution < -0.4 is 17.0 Å². The van der Waals surface area contributed by atoms with E-state index in [0.29, 0.717) is 48.5 Å². The van der Waals surface area contributed by atoms with Crippen LogP contribution in [0.25, 0.3) is 12.2 Å². The second-order valence-electron chi connectivity index (χ2n) is 18.2. The molecule has 9 heteroatoms. The van der Waals surface area contributed by atoms with E-state index in [2.05, 4.69) is 166 Å². The van der Waals surface area contributed by atoms with Gasteiger partial charge in [0, 0.05) is 30.7 Å². The molecule has 0 saturated heterocycles. The van der Waals surface area contributed by atoms with Gasteiger partial charge in [-0.1, -0.05) is 217 Å². The molecule has 2 N–H and O–H groups in total. The summed E-state index contributed by atoms with van der Waals surface area (Å²) in [5, 5.41) is 17.4. The molecule has 0 aliphatic carbocycles. The molecule has 0 saturated carbocycles. The zero-order valence-electron chi connectivity index (χ0n) is 44.0. The minimum Gasteiger partial charge on any atom is -1.00 e. The van der Waals surface area contributed by atoms with E-state index < -0.39 is 0 Å². The van der Waals surface area contributed by atoms with Gasteiger partial charge in [0.1, 0.15) is 25.5 Å². The van der Waals surface area contributed by atoms with Gasteiger partial charge in [-0.2, -0.15) is 0 Å². The van der Waals surface area contributed by atoms with Gasteiger partial charge in [-0.15, -0.1) is 23.2 Å². The molecule has 0 aliphatic rings. The first-order valence-electron chi connectivity index (χ1n) is 25.7. The molecule has 2 heterocycles. The van der Waals surface area contributed by atoms with Crippen molar-refractivity contribution in [3.8, 4) is 0 Å². The Hall–Kier alpha value is -5.99. The van der Waals surface area contributed by atoms with Crippen molar-refractivity contribution in [1.29, 1.82) is 0 Å². The van der Waals surface area contributed by atoms with Crippen molar-refractivity contribution in [2.45, 2.75) is 108 Å². The number of rotatable bonds is 20. The Morgan fingerprint density at radius 1 is 0.541 bits per heavy atom. The van der Waals surface area contributed by atoms with Crippen LogP contribution in [0.15, 0.2) is 214 Å². The largest absolute Gasteiger partial charge is 1.00 e. The zero-order valence-corrected chi connectivity index (χ0v) is 46.3. The Balaban J connectivity index is 0.000000267. The number of benzene rings is 6. The number of halogens is 3. The highest BCUT2D eigenvalue weighted by atomic mass is 35.5. The predicted molar refractivity (Wildman–Crippen MR) is 310 cm³/mol. The lowest BCUT2D eigenvalue weighted by Gasteiger charge is -2.20. The number of alkyl halides is 2. The molecule has 0 bridgehead atoms. The van der Waals surface area contributed by atoms with Crippen LogP contribution in [0.2, 0.25) is 0 Å². The van der Waals surface area contributed by atoms with Gasteiger partial charge in [-0.05, 0) is 99.4 Å². The maximum absolute atomic E-state index is 9.02. The van der Waals surface area contributed by atoms with Crippen molar-refractivity contribution in [2.24, 2.45) is 0 Å². The van der Waals surface area contributed by atoms with Gasteiger partial charge in [0.05, 0.1) is 19.5 Å². The second-order valence-corrected chi connectivity index (χ2v) is 18.7. The molecule has 4 atom stereocenters. The predicted octanol–water partition coefficient (Wildman–Crippen LogP) is 12.9. The van der Waals surface area contributed by atoms with Crippen molar-refractivity contribution in [3.05, 3.63) is 264 Å². The van der Waals surface area contributed by atoms with Gasteiger partial charge in [0.25, 0.3) is 0 Å². The molecule has 0 fully saturated rings. The van der Waals surface area contributed by atoms with Crippen LogP contribution in [0.5, 0.6) is 0 Å². The topological polar surface area (TPSA) is 67.1 Å². The highest BCUT2D eigenvalue weighted by Gasteiger charge is 2.16. The molecule has 0 aliphatic heterocycles. The fourth-order valence-corrected chi connectivity index (χ4v) is 8.75. The summed E-state index contributed by atoms with van der Waals surface area (Å²) in [6.45, 7) is 19.0. The fourth-order valence-electron chi connectivity index (χ4n) is 8.40. The Kier molecular flexibility index (Phi) is 31.0. The van der Waals surface area contributed by atoms with Crippen molar-refractivity contribution >= 4 is 35.4 Å². The van der Waals surface area contributed by atoms with Crippen LogP contribution in [0.3, 0.4) is 0 Å². The van der Waals surface area contributed by atoms with Crippen molar-refractivity contribution in [1.82, 2.24) is 14.1 Å². The number of aliphatic hydroxyl groups is 2. The molecule has 8 rings (SSSR count). The number of hydrogen-bond donors (Lipinski definition) is 2. The minimum absolute atomic E-state index is 0. The number of hydrogen-bond acceptors (Lipinski definition) is 3. The van der Waals surface area contributed by atoms with Crippen LogP contribution in [0.4, 0.5) is 0 Å². The van der Waals surface area contributed by atoms with Crippen LogP contribution >= 0.6 is 23.2 Å². The zero-order chi connectivity index (χ0) is 52.5. The molecule has 0 amide bonds. The van der Waals surface area contributed by atoms with Gasteiger partial charge in [-0.25, -0.2) is 14.1 Å². The Bertz CT molecular complexity index is 2620. The average Bonchev–Trinajstić information content (AvgIpc) is 4.15. The molecule has 8 aromatic rings. The molecule has 0 spiro atoms. The van der Waals surface area contributed by atoms with E-state index in [1.165, 1.54) is 64.6 Å². The summed E-state index contributed by atoms with van der Waals surface area (Å²) in [5.74, 6) is 3.54. The maximum atomic E-state index is 9.02. The quantitative estimate of drug-likeness (QED) is 0.0590. The van der Waals surface area contributed by atoms with Crippen LogP contribution in [0.1, 0.15) is 127 Å². The minimum atomic E-state index is 0. The van der Waals surface area contributed by atoms with E-state index in [0.717, 1.165) is 17.7 Å². The summed E-state index contributed by atoms with van der Waals surface area (Å²) in [6.07, 6.45) is 19.7. The van der Waals surface area contributed by atoms with Crippen LogP contribution in [-0.2, 0) is 31.4 Å². The van der Waals surface area contributed by atoms with Crippen LogP contribution in [0, 0.1) is 0 Å². The van der Waals surface area contributed by atoms with E-state index in [1.54, 1.807) is 12.5 Å². The normalized spacial score (nSPS) is 11.9. The molecular weight excluding hydrogens is 975 g/mol. The molecule has 0 radical (unpaired) electrons. The third-order valence-corrected chi connectivity index (χ3v) is 13.5. The first kappa shape index (κ1) is 62.3. The molecule has 6 aromatic carbocycles. The molecule has 74 heavy (non-hydrogen) atoms. The summed E-state index contributed by atoms with van der Waals surface area (Å²) in [5.41, 5.74) is 11.7. The first-order chi connectivity index (χ1) is 35.7. The van der Waals surface area contributed by atoms with E-state index in [-0.39, 0.29) is 25.6 Å². The average molecular weight is 1050 g/mol. The SMILES string of the molecule is C=Cc1ccc(CCl)cc1.C=Cc1ccccc1.CCC(CC(C)c1ccc(CCl)cc1)c1ccccc1.CCC(CC(C)c1ccc(C[n+]2ccn(CCO)c2)cc1)c1ccccc1.OCCn1ccnc1.[Cl-]. The summed E-state index contributed by atoms with van der Waals surface area (Å²) in [7, 11) is 0. The molecule has 4 unspecified atom stereocenters. The number of aliphatic hydroxyl groups excluding tert-OH is 2. The van der Waals surface area contributed by atoms with Gasteiger partial charge >= 0.3 is 0 Å². The third-order valence-electron chi connectivity index (χ3n) is 12.8. The Morgan fingerprint density at radius 3 is 1.35 bits per heavy atom. The summed E-state index contributed by atoms with van der Waals surface area (Å²) < 4.78 is 5.97. The second kappa shape index (κ2) is 36.9. The van der Waals surface area contributed by atoms with E-state index in [4.69, 9.17) is 33.4 Å².